The molecule has 0 radical (unpaired) electrons. The molecule has 0 bridgehead atoms. The first-order valence-corrected chi connectivity index (χ1v) is 11.1. The highest BCUT2D eigenvalue weighted by molar-refractivity contribution is 5.89. The predicted molar refractivity (Wildman–Crippen MR) is 122 cm³/mol. The number of phenolic OH excluding ortho intramolecular Hbond substituents is 2. The molecule has 5 rings (SSSR count). The van der Waals surface area contributed by atoms with E-state index in [1.807, 2.05) is 0 Å². The molecule has 2 aliphatic rings. The zero-order valence-corrected chi connectivity index (χ0v) is 18.6. The number of rotatable bonds is 2. The smallest absolute Gasteiger partial charge is 0.197 e. The maximum absolute atomic E-state index is 13.1. The maximum Gasteiger partial charge on any atom is 0.197 e. The fourth-order valence-corrected chi connectivity index (χ4v) is 5.54. The summed E-state index contributed by atoms with van der Waals surface area (Å²) in [5.74, 6) is 1.92. The van der Waals surface area contributed by atoms with E-state index in [-0.39, 0.29) is 33.5 Å². The third kappa shape index (κ3) is 3.29. The molecule has 0 spiro atoms. The minimum atomic E-state index is -0.322. The summed E-state index contributed by atoms with van der Waals surface area (Å²) in [7, 11) is 1.47. The van der Waals surface area contributed by atoms with Crippen molar-refractivity contribution in [1.82, 2.24) is 0 Å². The van der Waals surface area contributed by atoms with Crippen molar-refractivity contribution in [2.24, 2.45) is 17.3 Å². The lowest BCUT2D eigenvalue weighted by Crippen LogP contribution is -2.37. The molecule has 2 atom stereocenters. The molecule has 0 amide bonds. The van der Waals surface area contributed by atoms with Gasteiger partial charge in [-0.3, -0.25) is 4.79 Å². The van der Waals surface area contributed by atoms with E-state index in [9.17, 15) is 15.0 Å². The Bertz CT molecular complexity index is 1260. The van der Waals surface area contributed by atoms with Gasteiger partial charge in [0.25, 0.3) is 0 Å². The number of benzene rings is 2. The van der Waals surface area contributed by atoms with Crippen molar-refractivity contribution in [2.75, 3.05) is 13.7 Å². The molecule has 3 aromatic rings. The Balaban J connectivity index is 1.72. The average Bonchev–Trinajstić information content (AvgIpc) is 2.94. The molecule has 2 heterocycles. The topological polar surface area (TPSA) is 89.1 Å². The molecule has 1 aliphatic carbocycles. The maximum atomic E-state index is 13.1. The molecule has 6 nitrogen and oxygen atoms in total. The quantitative estimate of drug-likeness (QED) is 0.570. The van der Waals surface area contributed by atoms with E-state index in [1.165, 1.54) is 25.7 Å². The van der Waals surface area contributed by atoms with Crippen molar-refractivity contribution >= 4 is 11.0 Å². The Morgan fingerprint density at radius 1 is 1.12 bits per heavy atom. The summed E-state index contributed by atoms with van der Waals surface area (Å²) in [6.07, 6.45) is 4.19. The summed E-state index contributed by atoms with van der Waals surface area (Å²) in [5, 5.41) is 20.7. The summed E-state index contributed by atoms with van der Waals surface area (Å²) in [6, 6.07) is 7.71. The number of hydrogen-bond acceptors (Lipinski definition) is 6. The fraction of sp³-hybridized carbons (Fsp3) is 0.423. The van der Waals surface area contributed by atoms with Gasteiger partial charge in [-0.1, -0.05) is 20.3 Å². The second-order valence-corrected chi connectivity index (χ2v) is 9.70. The Hall–Kier alpha value is -3.15. The van der Waals surface area contributed by atoms with Crippen LogP contribution in [-0.4, -0.2) is 23.9 Å². The van der Waals surface area contributed by atoms with Crippen LogP contribution in [-0.2, 0) is 6.42 Å². The van der Waals surface area contributed by atoms with Crippen LogP contribution in [0.5, 0.6) is 23.0 Å². The normalized spacial score (nSPS) is 21.8. The first-order chi connectivity index (χ1) is 15.3. The lowest BCUT2D eigenvalue weighted by atomic mass is 9.62. The Morgan fingerprint density at radius 2 is 1.94 bits per heavy atom. The summed E-state index contributed by atoms with van der Waals surface area (Å²) in [5.41, 5.74) is 1.64. The van der Waals surface area contributed by atoms with Gasteiger partial charge in [-0.15, -0.1) is 0 Å². The molecule has 168 valence electrons. The van der Waals surface area contributed by atoms with Crippen LogP contribution in [0.15, 0.2) is 39.5 Å². The van der Waals surface area contributed by atoms with E-state index in [1.54, 1.807) is 18.2 Å². The predicted octanol–water partition coefficient (Wildman–Crippen LogP) is 5.26. The van der Waals surface area contributed by atoms with E-state index in [0.717, 1.165) is 24.8 Å². The van der Waals surface area contributed by atoms with Gasteiger partial charge in [0.15, 0.2) is 16.9 Å². The monoisotopic (exact) mass is 436 g/mol. The highest BCUT2D eigenvalue weighted by Gasteiger charge is 2.42. The summed E-state index contributed by atoms with van der Waals surface area (Å²) >= 11 is 0. The molecule has 6 heteroatoms. The second kappa shape index (κ2) is 7.47. The summed E-state index contributed by atoms with van der Waals surface area (Å²) in [6.45, 7) is 5.22. The van der Waals surface area contributed by atoms with E-state index in [0.29, 0.717) is 41.1 Å². The molecule has 2 N–H and O–H groups in total. The van der Waals surface area contributed by atoms with Crippen molar-refractivity contribution in [3.05, 3.63) is 46.1 Å². The largest absolute Gasteiger partial charge is 0.507 e. The first-order valence-electron chi connectivity index (χ1n) is 11.1. The van der Waals surface area contributed by atoms with E-state index >= 15 is 0 Å². The molecule has 1 aromatic heterocycles. The van der Waals surface area contributed by atoms with Gasteiger partial charge in [-0.25, -0.2) is 0 Å². The number of fused-ring (bicyclic) bond motifs is 4. The van der Waals surface area contributed by atoms with Crippen LogP contribution >= 0.6 is 0 Å². The molecular formula is C26H28O6. The molecule has 1 fully saturated rings. The van der Waals surface area contributed by atoms with E-state index in [4.69, 9.17) is 13.9 Å². The van der Waals surface area contributed by atoms with Crippen molar-refractivity contribution in [3.8, 4) is 34.3 Å². The van der Waals surface area contributed by atoms with Crippen molar-refractivity contribution in [1.29, 1.82) is 0 Å². The molecule has 0 saturated heterocycles. The fourth-order valence-electron chi connectivity index (χ4n) is 5.54. The minimum Gasteiger partial charge on any atom is -0.507 e. The van der Waals surface area contributed by atoms with Crippen LogP contribution in [0.4, 0.5) is 0 Å². The van der Waals surface area contributed by atoms with Gasteiger partial charge in [-0.05, 0) is 54.7 Å². The zero-order valence-electron chi connectivity index (χ0n) is 18.6. The van der Waals surface area contributed by atoms with Crippen LogP contribution in [0.25, 0.3) is 22.3 Å². The molecule has 1 aliphatic heterocycles. The van der Waals surface area contributed by atoms with Crippen LogP contribution in [0.1, 0.15) is 38.7 Å². The van der Waals surface area contributed by atoms with Crippen molar-refractivity contribution < 1.29 is 24.1 Å². The number of phenols is 2. The molecule has 32 heavy (non-hydrogen) atoms. The first kappa shape index (κ1) is 20.7. The molecular weight excluding hydrogens is 408 g/mol. The molecule has 2 aromatic carbocycles. The minimum absolute atomic E-state index is 0.00451. The molecule has 1 saturated carbocycles. The number of methoxy groups -OCH3 is 1. The Kier molecular flexibility index (Phi) is 4.84. The van der Waals surface area contributed by atoms with Crippen molar-refractivity contribution in [3.63, 3.8) is 0 Å². The van der Waals surface area contributed by atoms with Crippen LogP contribution in [0.2, 0.25) is 0 Å². The Morgan fingerprint density at radius 3 is 2.72 bits per heavy atom. The average molecular weight is 437 g/mol. The molecule has 2 unspecified atom stereocenters. The SMILES string of the molecule is COc1cc(-c2cc(=O)c3c(O)cc4c(c3o2)CC2C(CCCC2(C)C)CO4)ccc1O. The Labute approximate surface area is 186 Å². The van der Waals surface area contributed by atoms with Crippen LogP contribution < -0.4 is 14.9 Å². The van der Waals surface area contributed by atoms with Gasteiger partial charge in [0, 0.05) is 23.3 Å². The van der Waals surface area contributed by atoms with E-state index < -0.39 is 0 Å². The summed E-state index contributed by atoms with van der Waals surface area (Å²) < 4.78 is 17.6. The number of hydrogen-bond donors (Lipinski definition) is 2. The van der Waals surface area contributed by atoms with Gasteiger partial charge in [0.1, 0.15) is 28.2 Å². The van der Waals surface area contributed by atoms with Gasteiger partial charge in [-0.2, -0.15) is 0 Å². The zero-order chi connectivity index (χ0) is 22.6. The standard InChI is InChI=1S/C26H28O6/c1-26(2)8-4-5-15-13-31-22-12-20(29)24-19(28)11-21(32-25(24)16(22)10-17(15)26)14-6-7-18(27)23(9-14)30-3/h6-7,9,11-12,15,17,27,29H,4-5,8,10,13H2,1-3H3. The lowest BCUT2D eigenvalue weighted by Gasteiger charge is -2.43. The van der Waals surface area contributed by atoms with Crippen LogP contribution in [0, 0.1) is 17.3 Å². The second-order valence-electron chi connectivity index (χ2n) is 9.70. The highest BCUT2D eigenvalue weighted by atomic mass is 16.5. The van der Waals surface area contributed by atoms with Gasteiger partial charge in [0.2, 0.25) is 0 Å². The van der Waals surface area contributed by atoms with Crippen molar-refractivity contribution in [2.45, 2.75) is 39.5 Å². The lowest BCUT2D eigenvalue weighted by molar-refractivity contribution is 0.0535. The number of ether oxygens (including phenoxy) is 2. The number of aromatic hydroxyl groups is 2. The van der Waals surface area contributed by atoms with Gasteiger partial charge in [0.05, 0.1) is 13.7 Å². The summed E-state index contributed by atoms with van der Waals surface area (Å²) in [4.78, 5) is 13.1. The third-order valence-corrected chi connectivity index (χ3v) is 7.35. The highest BCUT2D eigenvalue weighted by Crippen LogP contribution is 2.50. The van der Waals surface area contributed by atoms with E-state index in [2.05, 4.69) is 13.8 Å². The van der Waals surface area contributed by atoms with Gasteiger partial charge >= 0.3 is 0 Å². The van der Waals surface area contributed by atoms with Gasteiger partial charge < -0.3 is 24.1 Å². The van der Waals surface area contributed by atoms with Crippen LogP contribution in [0.3, 0.4) is 0 Å². The third-order valence-electron chi connectivity index (χ3n) is 7.35.